The van der Waals surface area contributed by atoms with Crippen molar-refractivity contribution in [3.8, 4) is 5.75 Å². The second-order valence-electron chi connectivity index (χ2n) is 6.42. The predicted molar refractivity (Wildman–Crippen MR) is 82.9 cm³/mol. The summed E-state index contributed by atoms with van der Waals surface area (Å²) < 4.78 is 6.41. The zero-order valence-corrected chi connectivity index (χ0v) is 13.6. The van der Waals surface area contributed by atoms with Crippen LogP contribution in [-0.2, 0) is 0 Å². The number of hydrogen-bond donors (Lipinski definition) is 0. The summed E-state index contributed by atoms with van der Waals surface area (Å²) in [7, 11) is -1.77. The van der Waals surface area contributed by atoms with Gasteiger partial charge in [-0.2, -0.15) is 0 Å². The van der Waals surface area contributed by atoms with Crippen molar-refractivity contribution >= 4 is 8.32 Å². The molecule has 0 spiro atoms. The van der Waals surface area contributed by atoms with Gasteiger partial charge in [-0.1, -0.05) is 52.0 Å². The predicted octanol–water partition coefficient (Wildman–Crippen LogP) is 5.36. The van der Waals surface area contributed by atoms with Gasteiger partial charge in [-0.15, -0.1) is 6.58 Å². The average molecular weight is 262 g/mol. The summed E-state index contributed by atoms with van der Waals surface area (Å²) in [6.07, 6.45) is 1.97. The van der Waals surface area contributed by atoms with Crippen LogP contribution in [0.2, 0.25) is 18.1 Å². The molecule has 0 amide bonds. The van der Waals surface area contributed by atoms with E-state index in [2.05, 4.69) is 65.6 Å². The van der Waals surface area contributed by atoms with Crippen LogP contribution in [0.1, 0.15) is 39.2 Å². The smallest absolute Gasteiger partial charge is 0.250 e. The molecule has 1 aromatic carbocycles. The summed E-state index contributed by atoms with van der Waals surface area (Å²) in [5.74, 6) is 1.35. The highest BCUT2D eigenvalue weighted by atomic mass is 28.4. The second kappa shape index (κ2) is 5.31. The van der Waals surface area contributed by atoms with Gasteiger partial charge < -0.3 is 4.43 Å². The van der Waals surface area contributed by atoms with Crippen molar-refractivity contribution in [3.05, 3.63) is 42.5 Å². The third kappa shape index (κ3) is 3.26. The van der Waals surface area contributed by atoms with Crippen molar-refractivity contribution in [1.29, 1.82) is 0 Å². The molecule has 0 aromatic heterocycles. The van der Waals surface area contributed by atoms with Gasteiger partial charge in [-0.3, -0.25) is 0 Å². The highest BCUT2D eigenvalue weighted by Gasteiger charge is 2.39. The summed E-state index contributed by atoms with van der Waals surface area (Å²) in [6, 6.07) is 8.32. The van der Waals surface area contributed by atoms with Crippen LogP contribution < -0.4 is 4.43 Å². The Kier molecular flexibility index (Phi) is 4.44. The van der Waals surface area contributed by atoms with Crippen LogP contribution >= 0.6 is 0 Å². The van der Waals surface area contributed by atoms with E-state index < -0.39 is 8.32 Å². The van der Waals surface area contributed by atoms with E-state index in [0.717, 1.165) is 5.75 Å². The first-order valence-corrected chi connectivity index (χ1v) is 9.50. The maximum atomic E-state index is 6.41. The Balaban J connectivity index is 3.09. The molecule has 0 heterocycles. The first-order valence-electron chi connectivity index (χ1n) is 6.59. The van der Waals surface area contributed by atoms with E-state index in [1.165, 1.54) is 5.56 Å². The molecule has 0 saturated heterocycles. The number of rotatable bonds is 4. The lowest BCUT2D eigenvalue weighted by atomic mass is 10.0. The fraction of sp³-hybridized carbons (Fsp3) is 0.500. The number of benzene rings is 1. The Hall–Kier alpha value is -1.02. The minimum Gasteiger partial charge on any atom is -0.543 e. The Morgan fingerprint density at radius 3 is 2.28 bits per heavy atom. The van der Waals surface area contributed by atoms with Gasteiger partial charge in [0, 0.05) is 5.92 Å². The number of hydrogen-bond acceptors (Lipinski definition) is 1. The van der Waals surface area contributed by atoms with Crippen molar-refractivity contribution in [2.75, 3.05) is 0 Å². The van der Waals surface area contributed by atoms with Crippen molar-refractivity contribution < 1.29 is 4.43 Å². The Morgan fingerprint density at radius 2 is 1.78 bits per heavy atom. The molecule has 0 N–H and O–H groups in total. The van der Waals surface area contributed by atoms with Crippen LogP contribution in [0.4, 0.5) is 0 Å². The highest BCUT2D eigenvalue weighted by Crippen LogP contribution is 2.39. The molecule has 0 aliphatic rings. The second-order valence-corrected chi connectivity index (χ2v) is 11.1. The van der Waals surface area contributed by atoms with Gasteiger partial charge in [0.05, 0.1) is 0 Å². The van der Waals surface area contributed by atoms with Gasteiger partial charge in [0.25, 0.3) is 0 Å². The SMILES string of the molecule is C=CC(C)c1ccccc1O[Si](C)(C)C(C)(C)C. The van der Waals surface area contributed by atoms with Gasteiger partial charge in [-0.05, 0) is 29.8 Å². The summed E-state index contributed by atoms with van der Waals surface area (Å²) in [6.45, 7) is 17.4. The first-order chi connectivity index (χ1) is 8.19. The molecule has 1 atom stereocenters. The molecule has 2 heteroatoms. The molecular formula is C16H26OSi. The van der Waals surface area contributed by atoms with E-state index in [0.29, 0.717) is 5.92 Å². The monoisotopic (exact) mass is 262 g/mol. The molecular weight excluding hydrogens is 236 g/mol. The van der Waals surface area contributed by atoms with E-state index in [1.54, 1.807) is 0 Å². The van der Waals surface area contributed by atoms with Gasteiger partial charge in [0.15, 0.2) is 0 Å². The molecule has 0 saturated carbocycles. The minimum atomic E-state index is -1.77. The minimum absolute atomic E-state index is 0.220. The van der Waals surface area contributed by atoms with Gasteiger partial charge in [-0.25, -0.2) is 0 Å². The maximum absolute atomic E-state index is 6.41. The van der Waals surface area contributed by atoms with Crippen molar-refractivity contribution in [3.63, 3.8) is 0 Å². The van der Waals surface area contributed by atoms with E-state index in [9.17, 15) is 0 Å². The number of para-hydroxylation sites is 1. The highest BCUT2D eigenvalue weighted by molar-refractivity contribution is 6.74. The fourth-order valence-corrected chi connectivity index (χ4v) is 2.55. The molecule has 0 radical (unpaired) electrons. The summed E-state index contributed by atoms with van der Waals surface area (Å²) in [4.78, 5) is 0. The quantitative estimate of drug-likeness (QED) is 0.524. The molecule has 1 unspecified atom stereocenters. The topological polar surface area (TPSA) is 9.23 Å². The van der Waals surface area contributed by atoms with Crippen LogP contribution in [0.5, 0.6) is 5.75 Å². The lowest BCUT2D eigenvalue weighted by Gasteiger charge is -2.37. The van der Waals surface area contributed by atoms with Gasteiger partial charge in [0.1, 0.15) is 5.75 Å². The maximum Gasteiger partial charge on any atom is 0.250 e. The average Bonchev–Trinajstić information content (AvgIpc) is 2.26. The summed E-state index contributed by atoms with van der Waals surface area (Å²) in [5, 5.41) is 0.220. The molecule has 0 fully saturated rings. The molecule has 1 nitrogen and oxygen atoms in total. The third-order valence-electron chi connectivity index (χ3n) is 3.93. The molecule has 1 rings (SSSR count). The van der Waals surface area contributed by atoms with Crippen LogP contribution in [0.25, 0.3) is 0 Å². The molecule has 1 aromatic rings. The van der Waals surface area contributed by atoms with Gasteiger partial charge >= 0.3 is 0 Å². The van der Waals surface area contributed by atoms with Gasteiger partial charge in [0.2, 0.25) is 8.32 Å². The summed E-state index contributed by atoms with van der Waals surface area (Å²) >= 11 is 0. The Bertz CT molecular complexity index is 415. The zero-order chi connectivity index (χ0) is 14.0. The molecule has 100 valence electrons. The summed E-state index contributed by atoms with van der Waals surface area (Å²) in [5.41, 5.74) is 1.23. The van der Waals surface area contributed by atoms with E-state index in [-0.39, 0.29) is 5.04 Å². The lowest BCUT2D eigenvalue weighted by Crippen LogP contribution is -2.44. The molecule has 0 aliphatic carbocycles. The Morgan fingerprint density at radius 1 is 1.22 bits per heavy atom. The van der Waals surface area contributed by atoms with Crippen molar-refractivity contribution in [2.45, 2.75) is 51.7 Å². The first kappa shape index (κ1) is 15.0. The van der Waals surface area contributed by atoms with Crippen LogP contribution in [0, 0.1) is 0 Å². The normalized spacial score (nSPS) is 14.1. The van der Waals surface area contributed by atoms with Crippen LogP contribution in [-0.4, -0.2) is 8.32 Å². The Labute approximate surface area is 113 Å². The number of allylic oxidation sites excluding steroid dienone is 1. The largest absolute Gasteiger partial charge is 0.543 e. The van der Waals surface area contributed by atoms with E-state index in [4.69, 9.17) is 4.43 Å². The molecule has 0 bridgehead atoms. The molecule has 0 aliphatic heterocycles. The van der Waals surface area contributed by atoms with Crippen molar-refractivity contribution in [1.82, 2.24) is 0 Å². The van der Waals surface area contributed by atoms with E-state index >= 15 is 0 Å². The van der Waals surface area contributed by atoms with E-state index in [1.807, 2.05) is 12.1 Å². The third-order valence-corrected chi connectivity index (χ3v) is 8.28. The molecule has 18 heavy (non-hydrogen) atoms. The van der Waals surface area contributed by atoms with Crippen LogP contribution in [0.3, 0.4) is 0 Å². The standard InChI is InChI=1S/C16H26OSi/c1-8-13(2)14-11-9-10-12-15(14)17-18(6,7)16(3,4)5/h8-13H,1H2,2-7H3. The zero-order valence-electron chi connectivity index (χ0n) is 12.6. The van der Waals surface area contributed by atoms with Crippen LogP contribution in [0.15, 0.2) is 36.9 Å². The van der Waals surface area contributed by atoms with Crippen molar-refractivity contribution in [2.24, 2.45) is 0 Å². The lowest BCUT2D eigenvalue weighted by molar-refractivity contribution is 0.486. The fourth-order valence-electron chi connectivity index (χ4n) is 1.50.